The lowest BCUT2D eigenvalue weighted by Crippen LogP contribution is -2.44. The van der Waals surface area contributed by atoms with E-state index in [4.69, 9.17) is 12.2 Å². The molecule has 118 valence electrons. The molecule has 0 spiro atoms. The van der Waals surface area contributed by atoms with E-state index in [1.54, 1.807) is 12.1 Å². The number of hydrogen-bond donors (Lipinski definition) is 3. The van der Waals surface area contributed by atoms with E-state index in [0.717, 1.165) is 6.42 Å². The second-order valence-electron chi connectivity index (χ2n) is 5.43. The third-order valence-corrected chi connectivity index (χ3v) is 3.96. The summed E-state index contributed by atoms with van der Waals surface area (Å²) < 4.78 is 12.8. The van der Waals surface area contributed by atoms with Crippen molar-refractivity contribution in [3.8, 4) is 0 Å². The lowest BCUT2D eigenvalue weighted by molar-refractivity contribution is -0.122. The van der Waals surface area contributed by atoms with Crippen LogP contribution in [0.15, 0.2) is 54.6 Å². The fourth-order valence-corrected chi connectivity index (χ4v) is 2.63. The van der Waals surface area contributed by atoms with Crippen molar-refractivity contribution >= 4 is 28.9 Å². The van der Waals surface area contributed by atoms with Gasteiger partial charge in [-0.05, 0) is 54.4 Å². The molecule has 0 saturated heterocycles. The lowest BCUT2D eigenvalue weighted by Gasteiger charge is -2.11. The first-order valence-electron chi connectivity index (χ1n) is 7.31. The van der Waals surface area contributed by atoms with Crippen molar-refractivity contribution in [2.24, 2.45) is 5.92 Å². The van der Waals surface area contributed by atoms with E-state index >= 15 is 0 Å². The van der Waals surface area contributed by atoms with Gasteiger partial charge in [-0.2, -0.15) is 0 Å². The molecule has 0 unspecified atom stereocenters. The van der Waals surface area contributed by atoms with E-state index in [-0.39, 0.29) is 28.7 Å². The number of thiocarbonyl (C=S) groups is 1. The Morgan fingerprint density at radius 3 is 2.43 bits per heavy atom. The summed E-state index contributed by atoms with van der Waals surface area (Å²) in [6, 6.07) is 15.8. The molecule has 2 aromatic carbocycles. The van der Waals surface area contributed by atoms with E-state index in [9.17, 15) is 9.18 Å². The summed E-state index contributed by atoms with van der Waals surface area (Å²) >= 11 is 5.09. The number of hydrogen-bond acceptors (Lipinski definition) is 2. The SMILES string of the molecule is O=C(NNC(=S)Nc1ccc(F)cc1)[C@H]1C[C@@H]1c1ccccc1. The fraction of sp³-hybridized carbons (Fsp3) is 0.176. The molecule has 2 aromatic rings. The van der Waals surface area contributed by atoms with Gasteiger partial charge in [-0.15, -0.1) is 0 Å². The van der Waals surface area contributed by atoms with E-state index in [0.29, 0.717) is 5.69 Å². The van der Waals surface area contributed by atoms with Gasteiger partial charge in [-0.1, -0.05) is 30.3 Å². The largest absolute Gasteiger partial charge is 0.331 e. The Bertz CT molecular complexity index is 706. The van der Waals surface area contributed by atoms with Gasteiger partial charge < -0.3 is 5.32 Å². The van der Waals surface area contributed by atoms with Crippen LogP contribution in [0.5, 0.6) is 0 Å². The Morgan fingerprint density at radius 1 is 1.04 bits per heavy atom. The van der Waals surface area contributed by atoms with Gasteiger partial charge in [0, 0.05) is 11.6 Å². The quantitative estimate of drug-likeness (QED) is 0.599. The van der Waals surface area contributed by atoms with Crippen molar-refractivity contribution in [3.63, 3.8) is 0 Å². The number of nitrogens with one attached hydrogen (secondary N) is 3. The highest BCUT2D eigenvalue weighted by molar-refractivity contribution is 7.80. The zero-order valence-electron chi connectivity index (χ0n) is 12.3. The minimum atomic E-state index is -0.316. The number of anilines is 1. The van der Waals surface area contributed by atoms with Crippen LogP contribution in [0.4, 0.5) is 10.1 Å². The molecule has 1 aliphatic carbocycles. The Hall–Kier alpha value is -2.47. The molecule has 1 aliphatic rings. The van der Waals surface area contributed by atoms with Gasteiger partial charge >= 0.3 is 0 Å². The monoisotopic (exact) mass is 329 g/mol. The van der Waals surface area contributed by atoms with E-state index in [1.807, 2.05) is 30.3 Å². The summed E-state index contributed by atoms with van der Waals surface area (Å²) in [5, 5.41) is 3.12. The number of halogens is 1. The van der Waals surface area contributed by atoms with E-state index in [1.165, 1.54) is 17.7 Å². The summed E-state index contributed by atoms with van der Waals surface area (Å²) in [6.07, 6.45) is 0.843. The molecule has 6 heteroatoms. The molecular formula is C17H16FN3OS. The Balaban J connectivity index is 1.44. The minimum absolute atomic E-state index is 0.0291. The van der Waals surface area contributed by atoms with Crippen LogP contribution in [0, 0.1) is 11.7 Å². The van der Waals surface area contributed by atoms with Crippen LogP contribution >= 0.6 is 12.2 Å². The number of carbonyl (C=O) groups excluding carboxylic acids is 1. The molecule has 0 radical (unpaired) electrons. The molecule has 3 rings (SSSR count). The number of rotatable bonds is 3. The lowest BCUT2D eigenvalue weighted by atomic mass is 10.1. The third kappa shape index (κ3) is 4.04. The highest BCUT2D eigenvalue weighted by Gasteiger charge is 2.43. The predicted molar refractivity (Wildman–Crippen MR) is 91.2 cm³/mol. The molecule has 0 aromatic heterocycles. The van der Waals surface area contributed by atoms with Gasteiger partial charge in [0.05, 0.1) is 0 Å². The van der Waals surface area contributed by atoms with Crippen molar-refractivity contribution in [2.45, 2.75) is 12.3 Å². The minimum Gasteiger partial charge on any atom is -0.331 e. The summed E-state index contributed by atoms with van der Waals surface area (Å²) in [5.74, 6) is -0.152. The average molecular weight is 329 g/mol. The number of amides is 1. The van der Waals surface area contributed by atoms with Crippen LogP contribution < -0.4 is 16.2 Å². The zero-order valence-corrected chi connectivity index (χ0v) is 13.1. The maximum atomic E-state index is 12.8. The number of benzene rings is 2. The first kappa shape index (κ1) is 15.4. The van der Waals surface area contributed by atoms with Crippen LogP contribution in [0.2, 0.25) is 0 Å². The topological polar surface area (TPSA) is 53.2 Å². The maximum Gasteiger partial charge on any atom is 0.242 e. The Kier molecular flexibility index (Phi) is 4.52. The highest BCUT2D eigenvalue weighted by Crippen LogP contribution is 2.47. The predicted octanol–water partition coefficient (Wildman–Crippen LogP) is 2.95. The standard InChI is InChI=1S/C17H16FN3OS/c18-12-6-8-13(9-7-12)19-17(23)21-20-16(22)15-10-14(15)11-4-2-1-3-5-11/h1-9,14-15H,10H2,(H,20,22)(H2,19,21,23)/t14-,15+/m1/s1. The molecule has 2 atom stereocenters. The number of hydrazine groups is 1. The van der Waals surface area contributed by atoms with Crippen LogP contribution in [0.25, 0.3) is 0 Å². The Morgan fingerprint density at radius 2 is 1.74 bits per heavy atom. The normalized spacial score (nSPS) is 18.8. The van der Waals surface area contributed by atoms with Crippen molar-refractivity contribution in [1.29, 1.82) is 0 Å². The van der Waals surface area contributed by atoms with Gasteiger partial charge in [-0.3, -0.25) is 15.6 Å². The van der Waals surface area contributed by atoms with Crippen LogP contribution in [0.3, 0.4) is 0 Å². The number of carbonyl (C=O) groups is 1. The molecule has 1 fully saturated rings. The highest BCUT2D eigenvalue weighted by atomic mass is 32.1. The van der Waals surface area contributed by atoms with Gasteiger partial charge in [0.25, 0.3) is 0 Å². The Labute approximate surface area is 139 Å². The van der Waals surface area contributed by atoms with Crippen molar-refractivity contribution in [1.82, 2.24) is 10.9 Å². The van der Waals surface area contributed by atoms with Gasteiger partial charge in [0.2, 0.25) is 5.91 Å². The maximum absolute atomic E-state index is 12.8. The molecular weight excluding hydrogens is 313 g/mol. The average Bonchev–Trinajstić information content (AvgIpc) is 3.36. The fourth-order valence-electron chi connectivity index (χ4n) is 2.46. The summed E-state index contributed by atoms with van der Waals surface area (Å²) in [7, 11) is 0. The molecule has 0 aliphatic heterocycles. The van der Waals surface area contributed by atoms with Crippen molar-refractivity contribution in [3.05, 3.63) is 66.0 Å². The van der Waals surface area contributed by atoms with Gasteiger partial charge in [0.1, 0.15) is 5.82 Å². The van der Waals surface area contributed by atoms with E-state index < -0.39 is 0 Å². The second-order valence-corrected chi connectivity index (χ2v) is 5.84. The molecule has 0 bridgehead atoms. The molecule has 23 heavy (non-hydrogen) atoms. The third-order valence-electron chi connectivity index (χ3n) is 3.76. The molecule has 1 amide bonds. The van der Waals surface area contributed by atoms with Gasteiger partial charge in [-0.25, -0.2) is 4.39 Å². The zero-order chi connectivity index (χ0) is 16.2. The molecule has 0 heterocycles. The van der Waals surface area contributed by atoms with Crippen molar-refractivity contribution < 1.29 is 9.18 Å². The second kappa shape index (κ2) is 6.75. The van der Waals surface area contributed by atoms with Crippen molar-refractivity contribution in [2.75, 3.05) is 5.32 Å². The summed E-state index contributed by atoms with van der Waals surface area (Å²) in [5.41, 5.74) is 7.10. The van der Waals surface area contributed by atoms with Crippen LogP contribution in [0.1, 0.15) is 17.9 Å². The van der Waals surface area contributed by atoms with Gasteiger partial charge in [0.15, 0.2) is 5.11 Å². The van der Waals surface area contributed by atoms with E-state index in [2.05, 4.69) is 16.2 Å². The summed E-state index contributed by atoms with van der Waals surface area (Å²) in [4.78, 5) is 12.1. The first-order valence-corrected chi connectivity index (χ1v) is 7.71. The molecule has 3 N–H and O–H groups in total. The van der Waals surface area contributed by atoms with Crippen LogP contribution in [-0.4, -0.2) is 11.0 Å². The smallest absolute Gasteiger partial charge is 0.242 e. The molecule has 1 saturated carbocycles. The summed E-state index contributed by atoms with van der Waals surface area (Å²) in [6.45, 7) is 0. The molecule has 4 nitrogen and oxygen atoms in total. The van der Waals surface area contributed by atoms with Crippen LogP contribution in [-0.2, 0) is 4.79 Å². The first-order chi connectivity index (χ1) is 11.1.